The molecule has 236 valence electrons. The van der Waals surface area contributed by atoms with Gasteiger partial charge in [-0.05, 0) is 57.3 Å². The number of aryl methyl sites for hydroxylation is 2. The molecule has 0 bridgehead atoms. The van der Waals surface area contributed by atoms with Gasteiger partial charge >= 0.3 is 17.9 Å². The molecular formula is C32H22F5NO6PS+. The van der Waals surface area contributed by atoms with Crippen LogP contribution in [0.1, 0.15) is 31.8 Å². The van der Waals surface area contributed by atoms with Crippen molar-refractivity contribution in [3.05, 3.63) is 112 Å². The van der Waals surface area contributed by atoms with E-state index in [0.717, 1.165) is 0 Å². The smallest absolute Gasteiger partial charge is 0.372 e. The highest BCUT2D eigenvalue weighted by molar-refractivity contribution is 7.88. The van der Waals surface area contributed by atoms with E-state index in [1.165, 1.54) is 33.1 Å². The van der Waals surface area contributed by atoms with E-state index in [1.54, 1.807) is 53.1 Å². The molecule has 14 heteroatoms. The zero-order valence-electron chi connectivity index (χ0n) is 24.2. The molecule has 0 unspecified atom stereocenters. The molecule has 5 aromatic rings. The lowest BCUT2D eigenvalue weighted by Gasteiger charge is -2.15. The van der Waals surface area contributed by atoms with Crippen molar-refractivity contribution in [1.29, 1.82) is 0 Å². The van der Waals surface area contributed by atoms with Gasteiger partial charge in [-0.15, -0.1) is 0 Å². The lowest BCUT2D eigenvalue weighted by atomic mass is 10.0. The number of methoxy groups -OCH3 is 1. The summed E-state index contributed by atoms with van der Waals surface area (Å²) < 4.78 is 85.5. The highest BCUT2D eigenvalue weighted by Gasteiger charge is 2.30. The number of para-hydroxylation sites is 2. The van der Waals surface area contributed by atoms with Gasteiger partial charge in [-0.25, -0.2) is 27.6 Å². The van der Waals surface area contributed by atoms with Crippen molar-refractivity contribution in [3.63, 3.8) is 0 Å². The third-order valence-electron chi connectivity index (χ3n) is 6.90. The summed E-state index contributed by atoms with van der Waals surface area (Å²) in [4.78, 5) is 38.6. The number of carbonyl (C=O) groups is 3. The van der Waals surface area contributed by atoms with Crippen molar-refractivity contribution in [2.45, 2.75) is 20.4 Å². The minimum atomic E-state index is -2.39. The Labute approximate surface area is 265 Å². The summed E-state index contributed by atoms with van der Waals surface area (Å²) in [6.45, 7) is 2.85. The Morgan fingerprint density at radius 2 is 1.13 bits per heavy atom. The van der Waals surface area contributed by atoms with Crippen molar-refractivity contribution in [2.75, 3.05) is 7.11 Å². The van der Waals surface area contributed by atoms with Gasteiger partial charge in [-0.2, -0.15) is 13.3 Å². The van der Waals surface area contributed by atoms with Gasteiger partial charge in [-0.1, -0.05) is 36.1 Å². The van der Waals surface area contributed by atoms with E-state index >= 15 is 0 Å². The standard InChI is InChI=1S/C32H21F5NO6.HPS/c1-15-12-17(31(40)44-30-27(36)25(34)24(33)26(35)28(30)37)13-16(2)29(15)43-32(41)23-18-8-4-6-10-20(18)38(14-22(39)42-3)21-11-7-5-9-19(21)23;1-2/h4-13H,14H2,1-3H3;1H/q+1;. The maximum absolute atomic E-state index is 14.1. The van der Waals surface area contributed by atoms with Crippen molar-refractivity contribution < 1.29 is 55.1 Å². The molecule has 0 saturated heterocycles. The molecule has 0 radical (unpaired) electrons. The van der Waals surface area contributed by atoms with E-state index in [4.69, 9.17) is 9.47 Å². The van der Waals surface area contributed by atoms with Crippen molar-refractivity contribution in [3.8, 4) is 11.5 Å². The fraction of sp³-hybridized carbons (Fsp3) is 0.125. The fourth-order valence-corrected chi connectivity index (χ4v) is 4.90. The molecule has 46 heavy (non-hydrogen) atoms. The summed E-state index contributed by atoms with van der Waals surface area (Å²) in [5.74, 6) is -15.9. The van der Waals surface area contributed by atoms with Gasteiger partial charge in [0.2, 0.25) is 52.4 Å². The summed E-state index contributed by atoms with van der Waals surface area (Å²) in [5, 5.41) is 0.969. The van der Waals surface area contributed by atoms with E-state index in [9.17, 15) is 36.3 Å². The Kier molecular flexibility index (Phi) is 10.4. The number of hydrogen-bond acceptors (Lipinski definition) is 7. The van der Waals surface area contributed by atoms with E-state index in [2.05, 4.69) is 24.6 Å². The Morgan fingerprint density at radius 1 is 0.696 bits per heavy atom. The van der Waals surface area contributed by atoms with E-state index < -0.39 is 52.7 Å². The number of carbonyl (C=O) groups excluding carboxylic acids is 3. The molecule has 7 nitrogen and oxygen atoms in total. The number of ether oxygens (including phenoxy) is 3. The maximum atomic E-state index is 14.1. The number of aromatic nitrogens is 1. The van der Waals surface area contributed by atoms with Crippen LogP contribution in [0.4, 0.5) is 22.0 Å². The molecule has 0 saturated carbocycles. The molecule has 1 heterocycles. The minimum Gasteiger partial charge on any atom is -0.464 e. The van der Waals surface area contributed by atoms with Gasteiger partial charge in [0.1, 0.15) is 5.75 Å². The van der Waals surface area contributed by atoms with Crippen LogP contribution in [0.3, 0.4) is 0 Å². The first-order chi connectivity index (χ1) is 21.9. The van der Waals surface area contributed by atoms with Gasteiger partial charge in [-0.3, -0.25) is 0 Å². The summed E-state index contributed by atoms with van der Waals surface area (Å²) in [7, 11) is 3.83. The fourth-order valence-electron chi connectivity index (χ4n) is 4.90. The molecule has 0 spiro atoms. The zero-order chi connectivity index (χ0) is 33.9. The second-order valence-corrected chi connectivity index (χ2v) is 9.69. The van der Waals surface area contributed by atoms with Crippen LogP contribution in [0.5, 0.6) is 11.5 Å². The monoisotopic (exact) mass is 674 g/mol. The Hall–Kier alpha value is -4.87. The first kappa shape index (κ1) is 34.0. The quantitative estimate of drug-likeness (QED) is 0.0287. The molecule has 0 N–H and O–H groups in total. The third-order valence-corrected chi connectivity index (χ3v) is 6.90. The largest absolute Gasteiger partial charge is 0.464 e. The Bertz CT molecular complexity index is 1950. The molecule has 0 atom stereocenters. The van der Waals surface area contributed by atoms with Gasteiger partial charge < -0.3 is 14.2 Å². The molecular weight excluding hydrogens is 652 g/mol. The van der Waals surface area contributed by atoms with Gasteiger partial charge in [0.15, 0.2) is 0 Å². The number of esters is 3. The number of nitrogens with zero attached hydrogens (tertiary/aromatic N) is 1. The van der Waals surface area contributed by atoms with Gasteiger partial charge in [0.25, 0.3) is 0 Å². The SMILES string of the molecule is COC(=O)C[n+]1c2ccccc2c(C(=O)Oc2c(C)cc(C(=O)Oc3c(F)c(F)c(F)c(F)c3F)cc2C)c2ccccc21.P=S. The summed E-state index contributed by atoms with van der Waals surface area (Å²) >= 11 is 3.89. The lowest BCUT2D eigenvalue weighted by molar-refractivity contribution is -0.633. The molecule has 5 rings (SSSR count). The average molecular weight is 675 g/mol. The molecule has 0 aliphatic carbocycles. The van der Waals surface area contributed by atoms with Crippen LogP contribution < -0.4 is 14.0 Å². The summed E-state index contributed by atoms with van der Waals surface area (Å²) in [5.41, 5.74) is 1.47. The number of benzene rings is 4. The van der Waals surface area contributed by atoms with E-state index in [0.29, 0.717) is 21.8 Å². The van der Waals surface area contributed by atoms with Crippen LogP contribution in [-0.4, -0.2) is 25.0 Å². The van der Waals surface area contributed by atoms with Crippen LogP contribution >= 0.6 is 8.02 Å². The number of halogens is 5. The number of pyridine rings is 1. The lowest BCUT2D eigenvalue weighted by Crippen LogP contribution is -2.40. The molecule has 4 aromatic carbocycles. The highest BCUT2D eigenvalue weighted by Crippen LogP contribution is 2.32. The molecule has 1 aromatic heterocycles. The first-order valence-corrected chi connectivity index (χ1v) is 14.7. The third kappa shape index (κ3) is 6.29. The van der Waals surface area contributed by atoms with Crippen LogP contribution in [0.15, 0.2) is 60.7 Å². The Morgan fingerprint density at radius 3 is 1.61 bits per heavy atom. The molecule has 0 amide bonds. The molecule has 0 fully saturated rings. The predicted octanol–water partition coefficient (Wildman–Crippen LogP) is 6.80. The normalized spacial score (nSPS) is 10.7. The van der Waals surface area contributed by atoms with Gasteiger partial charge in [0.05, 0.1) is 29.0 Å². The number of rotatable bonds is 6. The zero-order valence-corrected chi connectivity index (χ0v) is 26.0. The molecule has 0 aliphatic rings. The van der Waals surface area contributed by atoms with Gasteiger partial charge in [0, 0.05) is 12.1 Å². The van der Waals surface area contributed by atoms with Crippen LogP contribution in [0.2, 0.25) is 0 Å². The second-order valence-electron chi connectivity index (χ2n) is 9.69. The average Bonchev–Trinajstić information content (AvgIpc) is 3.06. The van der Waals surface area contributed by atoms with Crippen LogP contribution in [-0.2, 0) is 27.9 Å². The van der Waals surface area contributed by atoms with E-state index in [-0.39, 0.29) is 34.5 Å². The molecule has 0 aliphatic heterocycles. The predicted molar refractivity (Wildman–Crippen MR) is 161 cm³/mol. The number of fused-ring (bicyclic) bond motifs is 2. The summed E-state index contributed by atoms with van der Waals surface area (Å²) in [6, 6.07) is 16.2. The Balaban J connectivity index is 0.00000235. The van der Waals surface area contributed by atoms with Crippen molar-refractivity contribution >= 4 is 59.5 Å². The topological polar surface area (TPSA) is 82.8 Å². The second kappa shape index (κ2) is 14.1. The highest BCUT2D eigenvalue weighted by atomic mass is 32.4. The van der Waals surface area contributed by atoms with E-state index in [1.807, 2.05) is 0 Å². The minimum absolute atomic E-state index is 0.0576. The van der Waals surface area contributed by atoms with Crippen molar-refractivity contribution in [2.24, 2.45) is 0 Å². The first-order valence-electron chi connectivity index (χ1n) is 13.1. The number of hydrogen-bond donors (Lipinski definition) is 0. The summed E-state index contributed by atoms with van der Waals surface area (Å²) in [6.07, 6.45) is 0. The van der Waals surface area contributed by atoms with Crippen molar-refractivity contribution in [1.82, 2.24) is 0 Å². The maximum Gasteiger partial charge on any atom is 0.372 e. The van der Waals surface area contributed by atoms with Crippen LogP contribution in [0.25, 0.3) is 21.8 Å². The van der Waals surface area contributed by atoms with Crippen LogP contribution in [0, 0.1) is 42.9 Å².